The number of anilines is 1. The molecule has 3 aromatic rings. The fourth-order valence-electron chi connectivity index (χ4n) is 2.13. The topological polar surface area (TPSA) is 73.6 Å². The van der Waals surface area contributed by atoms with E-state index in [1.165, 1.54) is 0 Å². The molecule has 1 amide bonds. The van der Waals surface area contributed by atoms with Gasteiger partial charge in [0.1, 0.15) is 24.7 Å². The molecule has 1 aromatic heterocycles. The summed E-state index contributed by atoms with van der Waals surface area (Å²) in [7, 11) is 0. The summed E-state index contributed by atoms with van der Waals surface area (Å²) in [5.74, 6) is 1.35. The van der Waals surface area contributed by atoms with Gasteiger partial charge in [0.15, 0.2) is 0 Å². The summed E-state index contributed by atoms with van der Waals surface area (Å²) in [6.45, 7) is 2.64. The van der Waals surface area contributed by atoms with E-state index in [-0.39, 0.29) is 11.7 Å². The van der Waals surface area contributed by atoms with Crippen LogP contribution in [0.2, 0.25) is 0 Å². The van der Waals surface area contributed by atoms with Crippen LogP contribution < -0.4 is 14.8 Å². The Kier molecular flexibility index (Phi) is 5.31. The second kappa shape index (κ2) is 8.01. The standard InChI is InChI=1S/C19H18N2O4/c1-14-13-18(25-21-14)19(22)20-15-7-9-17(10-8-15)24-12-11-23-16-5-3-2-4-6-16/h2-10,13H,11-12H2,1H3,(H,20,22). The molecule has 6 heteroatoms. The van der Waals surface area contributed by atoms with Gasteiger partial charge < -0.3 is 19.3 Å². The number of amides is 1. The summed E-state index contributed by atoms with van der Waals surface area (Å²) in [6.07, 6.45) is 0. The number of nitrogens with one attached hydrogen (secondary N) is 1. The maximum atomic E-state index is 12.0. The number of carbonyl (C=O) groups is 1. The summed E-state index contributed by atoms with van der Waals surface area (Å²) in [5.41, 5.74) is 1.30. The number of hydrogen-bond donors (Lipinski definition) is 1. The van der Waals surface area contributed by atoms with Crippen LogP contribution in [0.4, 0.5) is 5.69 Å². The van der Waals surface area contributed by atoms with Crippen LogP contribution in [0.1, 0.15) is 16.2 Å². The molecule has 0 aliphatic carbocycles. The normalized spacial score (nSPS) is 10.3. The van der Waals surface area contributed by atoms with E-state index >= 15 is 0 Å². The average molecular weight is 338 g/mol. The van der Waals surface area contributed by atoms with Gasteiger partial charge in [-0.2, -0.15) is 0 Å². The number of rotatable bonds is 7. The number of nitrogens with zero attached hydrogens (tertiary/aromatic N) is 1. The van der Waals surface area contributed by atoms with Crippen molar-refractivity contribution in [2.45, 2.75) is 6.92 Å². The third-order valence-corrected chi connectivity index (χ3v) is 3.33. The zero-order valence-electron chi connectivity index (χ0n) is 13.8. The van der Waals surface area contributed by atoms with Crippen molar-refractivity contribution in [2.24, 2.45) is 0 Å². The number of para-hydroxylation sites is 1. The van der Waals surface area contributed by atoms with Crippen molar-refractivity contribution < 1.29 is 18.8 Å². The van der Waals surface area contributed by atoms with Gasteiger partial charge in [-0.3, -0.25) is 4.79 Å². The van der Waals surface area contributed by atoms with Crippen molar-refractivity contribution >= 4 is 11.6 Å². The first-order valence-electron chi connectivity index (χ1n) is 7.86. The van der Waals surface area contributed by atoms with Gasteiger partial charge in [-0.1, -0.05) is 23.4 Å². The van der Waals surface area contributed by atoms with Crippen LogP contribution in [0, 0.1) is 6.92 Å². The number of carbonyl (C=O) groups excluding carboxylic acids is 1. The van der Waals surface area contributed by atoms with Crippen molar-refractivity contribution in [3.63, 3.8) is 0 Å². The van der Waals surface area contributed by atoms with Crippen molar-refractivity contribution in [2.75, 3.05) is 18.5 Å². The Morgan fingerprint density at radius 1 is 1.00 bits per heavy atom. The van der Waals surface area contributed by atoms with Gasteiger partial charge in [-0.25, -0.2) is 0 Å². The maximum Gasteiger partial charge on any atom is 0.294 e. The van der Waals surface area contributed by atoms with E-state index in [2.05, 4.69) is 10.5 Å². The van der Waals surface area contributed by atoms with Gasteiger partial charge in [-0.05, 0) is 43.3 Å². The van der Waals surface area contributed by atoms with Gasteiger partial charge in [0.2, 0.25) is 5.76 Å². The largest absolute Gasteiger partial charge is 0.490 e. The van der Waals surface area contributed by atoms with E-state index in [1.54, 1.807) is 37.3 Å². The smallest absolute Gasteiger partial charge is 0.294 e. The summed E-state index contributed by atoms with van der Waals surface area (Å²) < 4.78 is 16.1. The molecule has 0 atom stereocenters. The Bertz CT molecular complexity index is 813. The van der Waals surface area contributed by atoms with E-state index < -0.39 is 0 Å². The number of ether oxygens (including phenoxy) is 2. The van der Waals surface area contributed by atoms with E-state index in [0.717, 1.165) is 5.75 Å². The third kappa shape index (κ3) is 4.84. The minimum atomic E-state index is -0.342. The zero-order chi connectivity index (χ0) is 17.5. The molecule has 0 saturated carbocycles. The molecule has 0 aliphatic rings. The van der Waals surface area contributed by atoms with Crippen LogP contribution >= 0.6 is 0 Å². The predicted octanol–water partition coefficient (Wildman–Crippen LogP) is 3.69. The molecule has 0 saturated heterocycles. The van der Waals surface area contributed by atoms with Crippen molar-refractivity contribution in [3.05, 3.63) is 72.1 Å². The number of aryl methyl sites for hydroxylation is 1. The first-order valence-corrected chi connectivity index (χ1v) is 7.86. The monoisotopic (exact) mass is 338 g/mol. The molecule has 1 N–H and O–H groups in total. The number of hydrogen-bond acceptors (Lipinski definition) is 5. The minimum absolute atomic E-state index is 0.177. The summed E-state index contributed by atoms with van der Waals surface area (Å²) >= 11 is 0. The quantitative estimate of drug-likeness (QED) is 0.665. The van der Waals surface area contributed by atoms with Gasteiger partial charge in [0.05, 0.1) is 5.69 Å². The van der Waals surface area contributed by atoms with Crippen molar-refractivity contribution in [1.82, 2.24) is 5.16 Å². The highest BCUT2D eigenvalue weighted by molar-refractivity contribution is 6.02. The van der Waals surface area contributed by atoms with Crippen LogP contribution in [0.3, 0.4) is 0 Å². The number of benzene rings is 2. The van der Waals surface area contributed by atoms with Crippen molar-refractivity contribution in [1.29, 1.82) is 0 Å². The van der Waals surface area contributed by atoms with Gasteiger partial charge in [0, 0.05) is 11.8 Å². The maximum absolute atomic E-state index is 12.0. The first kappa shape index (κ1) is 16.6. The summed E-state index contributed by atoms with van der Waals surface area (Å²) in [5, 5.41) is 6.42. The minimum Gasteiger partial charge on any atom is -0.490 e. The molecule has 0 fully saturated rings. The molecule has 25 heavy (non-hydrogen) atoms. The first-order chi connectivity index (χ1) is 12.2. The van der Waals surface area contributed by atoms with Gasteiger partial charge in [0.25, 0.3) is 5.91 Å². The second-order valence-electron chi connectivity index (χ2n) is 5.32. The summed E-state index contributed by atoms with van der Waals surface area (Å²) in [4.78, 5) is 12.0. The fraction of sp³-hybridized carbons (Fsp3) is 0.158. The fourth-order valence-corrected chi connectivity index (χ4v) is 2.13. The van der Waals surface area contributed by atoms with Crippen LogP contribution in [0.15, 0.2) is 65.2 Å². The lowest BCUT2D eigenvalue weighted by molar-refractivity contribution is 0.0988. The van der Waals surface area contributed by atoms with Gasteiger partial charge in [-0.15, -0.1) is 0 Å². The molecule has 0 spiro atoms. The highest BCUT2D eigenvalue weighted by Gasteiger charge is 2.11. The number of aromatic nitrogens is 1. The highest BCUT2D eigenvalue weighted by atomic mass is 16.5. The van der Waals surface area contributed by atoms with Crippen molar-refractivity contribution in [3.8, 4) is 11.5 Å². The Morgan fingerprint density at radius 2 is 1.64 bits per heavy atom. The van der Waals surface area contributed by atoms with Crippen LogP contribution in [-0.4, -0.2) is 24.3 Å². The van der Waals surface area contributed by atoms with Crippen LogP contribution in [0.5, 0.6) is 11.5 Å². The lowest BCUT2D eigenvalue weighted by Crippen LogP contribution is -2.11. The van der Waals surface area contributed by atoms with E-state index in [4.69, 9.17) is 14.0 Å². The van der Waals surface area contributed by atoms with Gasteiger partial charge >= 0.3 is 0 Å². The highest BCUT2D eigenvalue weighted by Crippen LogP contribution is 2.17. The molecule has 1 heterocycles. The Balaban J connectivity index is 1.44. The molecule has 0 radical (unpaired) electrons. The zero-order valence-corrected chi connectivity index (χ0v) is 13.8. The lowest BCUT2D eigenvalue weighted by atomic mass is 10.3. The van der Waals surface area contributed by atoms with Crippen LogP contribution in [0.25, 0.3) is 0 Å². The molecular weight excluding hydrogens is 320 g/mol. The van der Waals surface area contributed by atoms with E-state index in [0.29, 0.717) is 30.3 Å². The molecule has 0 bridgehead atoms. The Morgan fingerprint density at radius 3 is 2.24 bits per heavy atom. The second-order valence-corrected chi connectivity index (χ2v) is 5.32. The molecule has 0 aliphatic heterocycles. The average Bonchev–Trinajstić information content (AvgIpc) is 3.08. The lowest BCUT2D eigenvalue weighted by Gasteiger charge is -2.09. The molecule has 3 rings (SSSR count). The summed E-state index contributed by atoms with van der Waals surface area (Å²) in [6, 6.07) is 18.2. The molecule has 128 valence electrons. The Hall–Kier alpha value is -3.28. The third-order valence-electron chi connectivity index (χ3n) is 3.33. The predicted molar refractivity (Wildman–Crippen MR) is 93.1 cm³/mol. The SMILES string of the molecule is Cc1cc(C(=O)Nc2ccc(OCCOc3ccccc3)cc2)on1. The Labute approximate surface area is 145 Å². The van der Waals surface area contributed by atoms with E-state index in [1.807, 2.05) is 30.3 Å². The van der Waals surface area contributed by atoms with E-state index in [9.17, 15) is 4.79 Å². The molecule has 6 nitrogen and oxygen atoms in total. The molecule has 0 unspecified atom stereocenters. The van der Waals surface area contributed by atoms with Crippen LogP contribution in [-0.2, 0) is 0 Å². The molecular formula is C19H18N2O4. The molecule has 2 aromatic carbocycles.